The fourth-order valence-corrected chi connectivity index (χ4v) is 1.77. The van der Waals surface area contributed by atoms with Crippen LogP contribution in [0.2, 0.25) is 0 Å². The van der Waals surface area contributed by atoms with Crippen molar-refractivity contribution in [1.29, 1.82) is 0 Å². The molecule has 0 bridgehead atoms. The maximum atomic E-state index is 11.5. The normalized spacial score (nSPS) is 9.61. The van der Waals surface area contributed by atoms with Gasteiger partial charge in [0.05, 0.1) is 18.6 Å². The lowest BCUT2D eigenvalue weighted by Crippen LogP contribution is -2.15. The number of hydrogen-bond acceptors (Lipinski definition) is 5. The first-order valence-electron chi connectivity index (χ1n) is 5.15. The maximum absolute atomic E-state index is 11.5. The third-order valence-electron chi connectivity index (χ3n) is 2.01. The first-order chi connectivity index (χ1) is 8.65. The summed E-state index contributed by atoms with van der Waals surface area (Å²) in [6.45, 7) is 0. The molecule has 6 heteroatoms. The number of carbonyl (C=O) groups is 3. The molecule has 0 saturated carbocycles. The fraction of sp³-hybridized carbons (Fsp3) is 0.250. The van der Waals surface area contributed by atoms with Crippen molar-refractivity contribution in [3.8, 4) is 0 Å². The summed E-state index contributed by atoms with van der Waals surface area (Å²) in [4.78, 5) is 32.7. The first kappa shape index (κ1) is 14.2. The van der Waals surface area contributed by atoms with Crippen molar-refractivity contribution in [3.05, 3.63) is 29.8 Å². The predicted molar refractivity (Wildman–Crippen MR) is 69.8 cm³/mol. The first-order valence-corrected chi connectivity index (χ1v) is 6.31. The number of benzene rings is 1. The lowest BCUT2D eigenvalue weighted by Gasteiger charge is -2.04. The van der Waals surface area contributed by atoms with Crippen LogP contribution in [-0.2, 0) is 14.3 Å². The van der Waals surface area contributed by atoms with Gasteiger partial charge in [-0.15, -0.1) is 11.8 Å². The number of methoxy groups -OCH3 is 1. The number of rotatable bonds is 6. The summed E-state index contributed by atoms with van der Waals surface area (Å²) in [6, 6.07) is 6.52. The maximum Gasteiger partial charge on any atom is 0.315 e. The Balaban J connectivity index is 2.35. The monoisotopic (exact) mass is 267 g/mol. The Kier molecular flexibility index (Phi) is 5.93. The van der Waals surface area contributed by atoms with Crippen LogP contribution < -0.4 is 5.32 Å². The van der Waals surface area contributed by atoms with Gasteiger partial charge in [0.1, 0.15) is 6.29 Å². The van der Waals surface area contributed by atoms with Gasteiger partial charge in [-0.2, -0.15) is 0 Å². The molecule has 0 radical (unpaired) electrons. The van der Waals surface area contributed by atoms with Crippen LogP contribution in [0.5, 0.6) is 0 Å². The average Bonchev–Trinajstić information content (AvgIpc) is 2.39. The topological polar surface area (TPSA) is 72.5 Å². The molecule has 0 atom stereocenters. The van der Waals surface area contributed by atoms with E-state index in [2.05, 4.69) is 10.1 Å². The Hall–Kier alpha value is -1.82. The molecule has 1 rings (SSSR count). The zero-order chi connectivity index (χ0) is 13.4. The minimum atomic E-state index is -0.358. The Morgan fingerprint density at radius 1 is 1.28 bits per heavy atom. The standard InChI is InChI=1S/C12H13NO4S/c1-17-12(16)8-18-7-11(15)13-10-4-2-9(6-14)3-5-10/h2-6H,7-8H2,1H3,(H,13,15). The highest BCUT2D eigenvalue weighted by Crippen LogP contribution is 2.09. The summed E-state index contributed by atoms with van der Waals surface area (Å²) < 4.78 is 4.45. The second-order valence-corrected chi connectivity index (χ2v) is 4.34. The molecule has 1 amide bonds. The molecule has 0 aliphatic carbocycles. The molecule has 1 aromatic carbocycles. The molecule has 0 saturated heterocycles. The molecule has 0 spiro atoms. The fourth-order valence-electron chi connectivity index (χ4n) is 1.13. The number of anilines is 1. The molecule has 1 aromatic rings. The van der Waals surface area contributed by atoms with Crippen LogP contribution in [0.1, 0.15) is 10.4 Å². The van der Waals surface area contributed by atoms with Gasteiger partial charge < -0.3 is 10.1 Å². The Labute approximate surface area is 109 Å². The predicted octanol–water partition coefficient (Wildman–Crippen LogP) is 1.34. The van der Waals surface area contributed by atoms with E-state index in [1.165, 1.54) is 18.9 Å². The highest BCUT2D eigenvalue weighted by atomic mass is 32.2. The van der Waals surface area contributed by atoms with Crippen molar-refractivity contribution in [2.45, 2.75) is 0 Å². The van der Waals surface area contributed by atoms with Gasteiger partial charge in [0.25, 0.3) is 0 Å². The summed E-state index contributed by atoms with van der Waals surface area (Å²) in [5, 5.41) is 2.66. The Morgan fingerprint density at radius 2 is 1.94 bits per heavy atom. The van der Waals surface area contributed by atoms with Gasteiger partial charge in [-0.3, -0.25) is 14.4 Å². The van der Waals surface area contributed by atoms with Gasteiger partial charge >= 0.3 is 5.97 Å². The summed E-state index contributed by atoms with van der Waals surface area (Å²) >= 11 is 1.18. The number of esters is 1. The number of hydrogen-bond donors (Lipinski definition) is 1. The van der Waals surface area contributed by atoms with Crippen molar-refractivity contribution in [2.24, 2.45) is 0 Å². The molecular formula is C12H13NO4S. The van der Waals surface area contributed by atoms with Gasteiger partial charge in [-0.1, -0.05) is 0 Å². The molecule has 0 unspecified atom stereocenters. The number of ether oxygens (including phenoxy) is 1. The molecule has 18 heavy (non-hydrogen) atoms. The molecule has 0 fully saturated rings. The van der Waals surface area contributed by atoms with Crippen molar-refractivity contribution >= 4 is 35.6 Å². The van der Waals surface area contributed by atoms with E-state index < -0.39 is 0 Å². The zero-order valence-corrected chi connectivity index (χ0v) is 10.7. The van der Waals surface area contributed by atoms with E-state index in [-0.39, 0.29) is 23.4 Å². The van der Waals surface area contributed by atoms with Crippen LogP contribution in [0.4, 0.5) is 5.69 Å². The zero-order valence-electron chi connectivity index (χ0n) is 9.84. The van der Waals surface area contributed by atoms with E-state index in [1.54, 1.807) is 24.3 Å². The number of thioether (sulfide) groups is 1. The van der Waals surface area contributed by atoms with E-state index in [0.717, 1.165) is 6.29 Å². The van der Waals surface area contributed by atoms with Crippen LogP contribution in [-0.4, -0.2) is 36.8 Å². The second-order valence-electron chi connectivity index (χ2n) is 3.36. The van der Waals surface area contributed by atoms with Crippen LogP contribution in [0, 0.1) is 0 Å². The molecule has 0 aliphatic rings. The number of aldehydes is 1. The van der Waals surface area contributed by atoms with E-state index in [0.29, 0.717) is 11.3 Å². The molecule has 1 N–H and O–H groups in total. The summed E-state index contributed by atoms with van der Waals surface area (Å²) in [7, 11) is 1.30. The van der Waals surface area contributed by atoms with Gasteiger partial charge in [-0.25, -0.2) is 0 Å². The number of nitrogens with one attached hydrogen (secondary N) is 1. The molecule has 96 valence electrons. The summed E-state index contributed by atoms with van der Waals surface area (Å²) in [5.41, 5.74) is 1.16. The molecule has 0 aliphatic heterocycles. The number of carbonyl (C=O) groups excluding carboxylic acids is 3. The minimum Gasteiger partial charge on any atom is -0.468 e. The highest BCUT2D eigenvalue weighted by molar-refractivity contribution is 8.00. The van der Waals surface area contributed by atoms with E-state index in [9.17, 15) is 14.4 Å². The molecular weight excluding hydrogens is 254 g/mol. The summed E-state index contributed by atoms with van der Waals surface area (Å²) in [6.07, 6.45) is 0.734. The lowest BCUT2D eigenvalue weighted by molar-refractivity contribution is -0.137. The second kappa shape index (κ2) is 7.50. The van der Waals surface area contributed by atoms with Gasteiger partial charge in [0, 0.05) is 11.3 Å². The largest absolute Gasteiger partial charge is 0.468 e. The summed E-state index contributed by atoms with van der Waals surface area (Å²) in [5.74, 6) is -0.246. The van der Waals surface area contributed by atoms with Gasteiger partial charge in [-0.05, 0) is 24.3 Å². The van der Waals surface area contributed by atoms with E-state index >= 15 is 0 Å². The third kappa shape index (κ3) is 5.01. The van der Waals surface area contributed by atoms with Crippen molar-refractivity contribution < 1.29 is 19.1 Å². The van der Waals surface area contributed by atoms with E-state index in [4.69, 9.17) is 0 Å². The number of amides is 1. The van der Waals surface area contributed by atoms with Gasteiger partial charge in [0.2, 0.25) is 5.91 Å². The SMILES string of the molecule is COC(=O)CSCC(=O)Nc1ccc(C=O)cc1. The third-order valence-corrected chi connectivity index (χ3v) is 2.92. The quantitative estimate of drug-likeness (QED) is 0.622. The highest BCUT2D eigenvalue weighted by Gasteiger charge is 2.05. The van der Waals surface area contributed by atoms with Crippen molar-refractivity contribution in [3.63, 3.8) is 0 Å². The average molecular weight is 267 g/mol. The minimum absolute atomic E-state index is 0.147. The van der Waals surface area contributed by atoms with Crippen LogP contribution >= 0.6 is 11.8 Å². The molecule has 0 aromatic heterocycles. The van der Waals surface area contributed by atoms with Gasteiger partial charge in [0.15, 0.2) is 0 Å². The lowest BCUT2D eigenvalue weighted by atomic mass is 10.2. The van der Waals surface area contributed by atoms with Crippen LogP contribution in [0.3, 0.4) is 0 Å². The molecule has 5 nitrogen and oxygen atoms in total. The van der Waals surface area contributed by atoms with E-state index in [1.807, 2.05) is 0 Å². The molecule has 0 heterocycles. The van der Waals surface area contributed by atoms with Crippen molar-refractivity contribution in [2.75, 3.05) is 23.9 Å². The van der Waals surface area contributed by atoms with Crippen molar-refractivity contribution in [1.82, 2.24) is 0 Å². The smallest absolute Gasteiger partial charge is 0.315 e. The van der Waals surface area contributed by atoms with Crippen LogP contribution in [0.15, 0.2) is 24.3 Å². The van der Waals surface area contributed by atoms with Crippen LogP contribution in [0.25, 0.3) is 0 Å². The Bertz CT molecular complexity index is 430. The Morgan fingerprint density at radius 3 is 2.50 bits per heavy atom.